The van der Waals surface area contributed by atoms with Crippen LogP contribution in [0.1, 0.15) is 0 Å². The summed E-state index contributed by atoms with van der Waals surface area (Å²) in [5.41, 5.74) is 8.10. The maximum atomic E-state index is 13.7. The molecule has 3 rings (SSSR count). The van der Waals surface area contributed by atoms with Crippen molar-refractivity contribution < 1.29 is 4.39 Å². The lowest BCUT2D eigenvalue weighted by molar-refractivity contribution is 0.637. The first kappa shape index (κ1) is 12.0. The number of aryl methyl sites for hydroxylation is 1. The number of halogens is 2. The van der Waals surface area contributed by atoms with E-state index in [2.05, 4.69) is 4.98 Å². The van der Waals surface area contributed by atoms with Gasteiger partial charge in [0.15, 0.2) is 5.82 Å². The molecule has 0 aliphatic rings. The van der Waals surface area contributed by atoms with Gasteiger partial charge in [-0.2, -0.15) is 0 Å². The van der Waals surface area contributed by atoms with Gasteiger partial charge < -0.3 is 10.3 Å². The van der Waals surface area contributed by atoms with Crippen LogP contribution in [0.15, 0.2) is 36.4 Å². The highest BCUT2D eigenvalue weighted by Crippen LogP contribution is 2.31. The zero-order valence-electron chi connectivity index (χ0n) is 10.2. The Labute approximate surface area is 114 Å². The lowest BCUT2D eigenvalue weighted by Gasteiger charge is -2.05. The molecule has 0 spiro atoms. The predicted molar refractivity (Wildman–Crippen MR) is 75.5 cm³/mol. The van der Waals surface area contributed by atoms with E-state index in [1.54, 1.807) is 28.8 Å². The Hall–Kier alpha value is -2.07. The van der Waals surface area contributed by atoms with Crippen LogP contribution in [-0.2, 0) is 7.05 Å². The molecule has 0 fully saturated rings. The highest BCUT2D eigenvalue weighted by atomic mass is 35.5. The van der Waals surface area contributed by atoms with Crippen LogP contribution in [0.4, 0.5) is 10.1 Å². The summed E-state index contributed by atoms with van der Waals surface area (Å²) in [6.45, 7) is 0. The number of nitrogen functional groups attached to an aromatic ring is 1. The van der Waals surface area contributed by atoms with Gasteiger partial charge in [-0.3, -0.25) is 0 Å². The van der Waals surface area contributed by atoms with E-state index in [0.717, 1.165) is 0 Å². The van der Waals surface area contributed by atoms with Gasteiger partial charge in [0.05, 0.1) is 10.5 Å². The smallest absolute Gasteiger partial charge is 0.151 e. The fourth-order valence-corrected chi connectivity index (χ4v) is 2.34. The number of aromatic nitrogens is 2. The average molecular weight is 276 g/mol. The maximum Gasteiger partial charge on any atom is 0.151 e. The third kappa shape index (κ3) is 1.85. The molecule has 0 radical (unpaired) electrons. The van der Waals surface area contributed by atoms with Crippen molar-refractivity contribution in [1.29, 1.82) is 0 Å². The minimum Gasteiger partial charge on any atom is -0.399 e. The Morgan fingerprint density at radius 2 is 2.05 bits per heavy atom. The molecular weight excluding hydrogens is 265 g/mol. The van der Waals surface area contributed by atoms with Crippen LogP contribution < -0.4 is 5.73 Å². The molecule has 0 aliphatic carbocycles. The molecule has 0 bridgehead atoms. The third-order valence-corrected chi connectivity index (χ3v) is 3.42. The van der Waals surface area contributed by atoms with E-state index < -0.39 is 0 Å². The van der Waals surface area contributed by atoms with Crippen LogP contribution in [-0.4, -0.2) is 9.55 Å². The molecule has 0 saturated carbocycles. The lowest BCUT2D eigenvalue weighted by atomic mass is 10.2. The summed E-state index contributed by atoms with van der Waals surface area (Å²) in [4.78, 5) is 4.33. The first-order valence-electron chi connectivity index (χ1n) is 5.74. The van der Waals surface area contributed by atoms with Crippen LogP contribution in [0.5, 0.6) is 0 Å². The summed E-state index contributed by atoms with van der Waals surface area (Å²) in [6, 6.07) is 10.0. The zero-order valence-corrected chi connectivity index (χ0v) is 10.9. The number of para-hydroxylation sites is 1. The van der Waals surface area contributed by atoms with Crippen molar-refractivity contribution in [3.05, 3.63) is 47.2 Å². The van der Waals surface area contributed by atoms with Crippen molar-refractivity contribution in [1.82, 2.24) is 9.55 Å². The fourth-order valence-electron chi connectivity index (χ4n) is 2.14. The Bertz CT molecular complexity index is 780. The van der Waals surface area contributed by atoms with E-state index in [1.807, 2.05) is 13.1 Å². The number of hydrogen-bond donors (Lipinski definition) is 1. The number of imidazole rings is 1. The second kappa shape index (κ2) is 4.24. The number of fused-ring (bicyclic) bond motifs is 1. The summed E-state index contributed by atoms with van der Waals surface area (Å²) >= 11 is 6.17. The summed E-state index contributed by atoms with van der Waals surface area (Å²) in [6.07, 6.45) is 0. The number of nitrogens with two attached hydrogens (primary N) is 1. The highest BCUT2D eigenvalue weighted by molar-refractivity contribution is 6.33. The molecule has 3 nitrogen and oxygen atoms in total. The summed E-state index contributed by atoms with van der Waals surface area (Å²) in [5, 5.41) is 0.535. The topological polar surface area (TPSA) is 43.8 Å². The van der Waals surface area contributed by atoms with E-state index in [-0.39, 0.29) is 5.82 Å². The minimum atomic E-state index is -0.348. The molecule has 2 aromatic carbocycles. The fraction of sp³-hybridized carbons (Fsp3) is 0.0714. The first-order chi connectivity index (χ1) is 9.08. The molecule has 5 heteroatoms. The van der Waals surface area contributed by atoms with E-state index >= 15 is 0 Å². The van der Waals surface area contributed by atoms with Crippen molar-refractivity contribution in [3.8, 4) is 11.4 Å². The average Bonchev–Trinajstić information content (AvgIpc) is 2.72. The van der Waals surface area contributed by atoms with Crippen molar-refractivity contribution in [2.75, 3.05) is 5.73 Å². The summed E-state index contributed by atoms with van der Waals surface area (Å²) in [5.74, 6) is 0.247. The third-order valence-electron chi connectivity index (χ3n) is 3.09. The highest BCUT2D eigenvalue weighted by Gasteiger charge is 2.15. The molecule has 0 saturated heterocycles. The standard InChI is InChI=1S/C14H11ClFN3/c1-19-12-4-2-3-11(16)13(12)18-14(19)9-7-8(17)5-6-10(9)15/h2-7H,17H2,1H3. The SMILES string of the molecule is Cn1c(-c2cc(N)ccc2Cl)nc2c(F)cccc21. The normalized spacial score (nSPS) is 11.1. The number of rotatable bonds is 1. The minimum absolute atomic E-state index is 0.332. The molecule has 2 N–H and O–H groups in total. The second-order valence-electron chi connectivity index (χ2n) is 4.34. The number of benzene rings is 2. The molecule has 96 valence electrons. The Kier molecular flexibility index (Phi) is 2.68. The number of anilines is 1. The van der Waals surface area contributed by atoms with Crippen molar-refractivity contribution >= 4 is 28.3 Å². The van der Waals surface area contributed by atoms with Crippen molar-refractivity contribution in [2.45, 2.75) is 0 Å². The first-order valence-corrected chi connectivity index (χ1v) is 6.12. The molecular formula is C14H11ClFN3. The Morgan fingerprint density at radius 1 is 1.26 bits per heavy atom. The van der Waals surface area contributed by atoms with Crippen molar-refractivity contribution in [3.63, 3.8) is 0 Å². The van der Waals surface area contributed by atoms with E-state index in [0.29, 0.717) is 33.1 Å². The van der Waals surface area contributed by atoms with E-state index in [9.17, 15) is 4.39 Å². The van der Waals surface area contributed by atoms with E-state index in [4.69, 9.17) is 17.3 Å². The molecule has 0 aliphatic heterocycles. The van der Waals surface area contributed by atoms with Crippen molar-refractivity contribution in [2.24, 2.45) is 7.05 Å². The largest absolute Gasteiger partial charge is 0.399 e. The van der Waals surface area contributed by atoms with Gasteiger partial charge in [0.1, 0.15) is 11.3 Å². The lowest BCUT2D eigenvalue weighted by Crippen LogP contribution is -1.94. The monoisotopic (exact) mass is 275 g/mol. The quantitative estimate of drug-likeness (QED) is 0.690. The zero-order chi connectivity index (χ0) is 13.6. The van der Waals surface area contributed by atoms with Gasteiger partial charge in [-0.1, -0.05) is 17.7 Å². The predicted octanol–water partition coefficient (Wildman–Crippen LogP) is 3.62. The van der Waals surface area contributed by atoms with Crippen LogP contribution in [0.2, 0.25) is 5.02 Å². The van der Waals surface area contributed by atoms with Gasteiger partial charge in [-0.15, -0.1) is 0 Å². The number of hydrogen-bond acceptors (Lipinski definition) is 2. The summed E-state index contributed by atoms with van der Waals surface area (Å²) in [7, 11) is 1.82. The van der Waals surface area contributed by atoms with Crippen LogP contribution >= 0.6 is 11.6 Å². The second-order valence-corrected chi connectivity index (χ2v) is 4.75. The van der Waals surface area contributed by atoms with Gasteiger partial charge >= 0.3 is 0 Å². The molecule has 19 heavy (non-hydrogen) atoms. The van der Waals surface area contributed by atoms with Crippen LogP contribution in [0, 0.1) is 5.82 Å². The van der Waals surface area contributed by atoms with Crippen LogP contribution in [0.25, 0.3) is 22.4 Å². The van der Waals surface area contributed by atoms with E-state index in [1.165, 1.54) is 6.07 Å². The molecule has 1 heterocycles. The van der Waals surface area contributed by atoms with Gasteiger partial charge in [-0.25, -0.2) is 9.37 Å². The molecule has 1 aromatic heterocycles. The van der Waals surface area contributed by atoms with Gasteiger partial charge in [0.2, 0.25) is 0 Å². The maximum absolute atomic E-state index is 13.7. The van der Waals surface area contributed by atoms with Gasteiger partial charge in [-0.05, 0) is 30.3 Å². The molecule has 0 unspecified atom stereocenters. The number of nitrogens with zero attached hydrogens (tertiary/aromatic N) is 2. The van der Waals surface area contributed by atoms with Gasteiger partial charge in [0, 0.05) is 18.3 Å². The molecule has 0 atom stereocenters. The summed E-state index contributed by atoms with van der Waals surface area (Å²) < 4.78 is 15.5. The molecule has 0 amide bonds. The van der Waals surface area contributed by atoms with Crippen LogP contribution in [0.3, 0.4) is 0 Å². The Morgan fingerprint density at radius 3 is 2.79 bits per heavy atom. The Balaban J connectivity index is 2.34. The van der Waals surface area contributed by atoms with Gasteiger partial charge in [0.25, 0.3) is 0 Å². The molecule has 3 aromatic rings.